The number of aliphatic carboxylic acids is 1. The molecule has 0 saturated heterocycles. The number of carboxylic acids is 1. The van der Waals surface area contributed by atoms with E-state index in [0.29, 0.717) is 11.1 Å². The van der Waals surface area contributed by atoms with Gasteiger partial charge in [0.25, 0.3) is 0 Å². The summed E-state index contributed by atoms with van der Waals surface area (Å²) < 4.78 is 13.6. The Morgan fingerprint density at radius 2 is 1.78 bits per heavy atom. The predicted molar refractivity (Wildman–Crippen MR) is 90.3 cm³/mol. The van der Waals surface area contributed by atoms with Gasteiger partial charge in [-0.05, 0) is 65.5 Å². The fourth-order valence-electron chi connectivity index (χ4n) is 2.96. The molecule has 0 atom stereocenters. The summed E-state index contributed by atoms with van der Waals surface area (Å²) >= 11 is 0. The van der Waals surface area contributed by atoms with Gasteiger partial charge >= 0.3 is 5.97 Å². The van der Waals surface area contributed by atoms with Gasteiger partial charge in [0.2, 0.25) is 0 Å². The van der Waals surface area contributed by atoms with Crippen molar-refractivity contribution in [1.82, 2.24) is 0 Å². The second-order valence-electron chi connectivity index (χ2n) is 5.83. The summed E-state index contributed by atoms with van der Waals surface area (Å²) in [7, 11) is 0. The highest BCUT2D eigenvalue weighted by molar-refractivity contribution is 6.07. The number of benzene rings is 2. The van der Waals surface area contributed by atoms with Crippen LogP contribution in [0.1, 0.15) is 35.6 Å². The van der Waals surface area contributed by atoms with Crippen molar-refractivity contribution in [3.05, 3.63) is 76.1 Å². The average molecular weight is 308 g/mol. The van der Waals surface area contributed by atoms with Gasteiger partial charge in [-0.3, -0.25) is 4.79 Å². The van der Waals surface area contributed by atoms with E-state index in [9.17, 15) is 9.18 Å². The minimum Gasteiger partial charge on any atom is -0.481 e. The van der Waals surface area contributed by atoms with E-state index in [1.807, 2.05) is 44.2 Å². The quantitative estimate of drug-likeness (QED) is 0.872. The molecule has 0 saturated carbocycles. The first-order valence-electron chi connectivity index (χ1n) is 7.46. The highest BCUT2D eigenvalue weighted by atomic mass is 19.1. The molecule has 0 unspecified atom stereocenters. The molecule has 0 heterocycles. The molecule has 1 aliphatic rings. The Morgan fingerprint density at radius 1 is 1.09 bits per heavy atom. The Labute approximate surface area is 134 Å². The standard InChI is InChI=1S/C20H17FO2/c1-12-3-5-14(6-4-12)9-17-13(2)18(11-20(22)23)19-10-15(21)7-8-16(17)19/h3-10H,11H2,1-2H3,(H,22,23)/b17-9+. The molecule has 0 aliphatic heterocycles. The van der Waals surface area contributed by atoms with Gasteiger partial charge in [0.15, 0.2) is 0 Å². The molecule has 2 aromatic carbocycles. The van der Waals surface area contributed by atoms with Crippen molar-refractivity contribution in [3.8, 4) is 0 Å². The lowest BCUT2D eigenvalue weighted by Crippen LogP contribution is -1.97. The molecule has 0 radical (unpaired) electrons. The summed E-state index contributed by atoms with van der Waals surface area (Å²) in [4.78, 5) is 11.2. The summed E-state index contributed by atoms with van der Waals surface area (Å²) in [6, 6.07) is 12.7. The second-order valence-corrected chi connectivity index (χ2v) is 5.83. The lowest BCUT2D eigenvalue weighted by molar-refractivity contribution is -0.135. The SMILES string of the molecule is CC1=C(CC(=O)O)c2cc(F)ccc2/C1=C/c1ccc(C)cc1. The van der Waals surface area contributed by atoms with E-state index in [-0.39, 0.29) is 12.2 Å². The molecular formula is C20H17FO2. The van der Waals surface area contributed by atoms with Crippen molar-refractivity contribution in [1.29, 1.82) is 0 Å². The molecule has 2 nitrogen and oxygen atoms in total. The second kappa shape index (κ2) is 5.84. The number of hydrogen-bond donors (Lipinski definition) is 1. The Balaban J connectivity index is 2.15. The largest absolute Gasteiger partial charge is 0.481 e. The van der Waals surface area contributed by atoms with Crippen molar-refractivity contribution >= 4 is 23.2 Å². The maximum atomic E-state index is 13.6. The topological polar surface area (TPSA) is 37.3 Å². The Bertz CT molecular complexity index is 842. The highest BCUT2D eigenvalue weighted by Gasteiger charge is 2.25. The fourth-order valence-corrected chi connectivity index (χ4v) is 2.96. The van der Waals surface area contributed by atoms with Gasteiger partial charge in [-0.25, -0.2) is 4.39 Å². The van der Waals surface area contributed by atoms with Crippen LogP contribution in [0, 0.1) is 12.7 Å². The first-order chi connectivity index (χ1) is 11.0. The third-order valence-electron chi connectivity index (χ3n) is 4.17. The van der Waals surface area contributed by atoms with E-state index in [1.165, 1.54) is 17.7 Å². The zero-order valence-corrected chi connectivity index (χ0v) is 13.1. The minimum absolute atomic E-state index is 0.104. The summed E-state index contributed by atoms with van der Waals surface area (Å²) in [6.07, 6.45) is 1.92. The van der Waals surface area contributed by atoms with E-state index in [2.05, 4.69) is 0 Å². The van der Waals surface area contributed by atoms with Crippen LogP contribution in [0.4, 0.5) is 4.39 Å². The molecule has 116 valence electrons. The van der Waals surface area contributed by atoms with Crippen molar-refractivity contribution in [2.24, 2.45) is 0 Å². The minimum atomic E-state index is -0.911. The maximum absolute atomic E-state index is 13.6. The van der Waals surface area contributed by atoms with Gasteiger partial charge in [-0.15, -0.1) is 0 Å². The summed E-state index contributed by atoms with van der Waals surface area (Å²) in [5.74, 6) is -1.26. The van der Waals surface area contributed by atoms with Crippen molar-refractivity contribution in [2.75, 3.05) is 0 Å². The van der Waals surface area contributed by atoms with Crippen LogP contribution in [-0.2, 0) is 4.79 Å². The molecule has 1 N–H and O–H groups in total. The number of hydrogen-bond acceptors (Lipinski definition) is 1. The molecule has 23 heavy (non-hydrogen) atoms. The van der Waals surface area contributed by atoms with Crippen molar-refractivity contribution in [3.63, 3.8) is 0 Å². The maximum Gasteiger partial charge on any atom is 0.307 e. The molecule has 0 amide bonds. The molecule has 3 rings (SSSR count). The lowest BCUT2D eigenvalue weighted by atomic mass is 10.00. The van der Waals surface area contributed by atoms with E-state index in [4.69, 9.17) is 5.11 Å². The third-order valence-corrected chi connectivity index (χ3v) is 4.17. The molecular weight excluding hydrogens is 291 g/mol. The fraction of sp³-hybridized carbons (Fsp3) is 0.150. The first-order valence-corrected chi connectivity index (χ1v) is 7.46. The number of aryl methyl sites for hydroxylation is 1. The molecule has 2 aromatic rings. The van der Waals surface area contributed by atoms with E-state index in [1.54, 1.807) is 6.07 Å². The van der Waals surface area contributed by atoms with Crippen LogP contribution in [0.15, 0.2) is 48.0 Å². The summed E-state index contributed by atoms with van der Waals surface area (Å²) in [6.45, 7) is 3.93. The molecule has 0 spiro atoms. The van der Waals surface area contributed by atoms with Gasteiger partial charge in [0, 0.05) is 0 Å². The zero-order chi connectivity index (χ0) is 16.6. The number of halogens is 1. The zero-order valence-electron chi connectivity index (χ0n) is 13.1. The van der Waals surface area contributed by atoms with Gasteiger partial charge in [-0.1, -0.05) is 35.9 Å². The Hall–Kier alpha value is -2.68. The van der Waals surface area contributed by atoms with Crippen LogP contribution >= 0.6 is 0 Å². The summed E-state index contributed by atoms with van der Waals surface area (Å²) in [5.41, 5.74) is 6.33. The Kier molecular flexibility index (Phi) is 3.87. The van der Waals surface area contributed by atoms with Crippen molar-refractivity contribution in [2.45, 2.75) is 20.3 Å². The first kappa shape index (κ1) is 15.2. The smallest absolute Gasteiger partial charge is 0.307 e. The van der Waals surface area contributed by atoms with Crippen LogP contribution < -0.4 is 0 Å². The molecule has 0 bridgehead atoms. The van der Waals surface area contributed by atoms with E-state index < -0.39 is 5.97 Å². The van der Waals surface area contributed by atoms with Crippen LogP contribution in [-0.4, -0.2) is 11.1 Å². The third kappa shape index (κ3) is 2.95. The number of rotatable bonds is 3. The Morgan fingerprint density at radius 3 is 2.43 bits per heavy atom. The molecule has 0 aromatic heterocycles. The number of fused-ring (bicyclic) bond motifs is 1. The van der Waals surface area contributed by atoms with Gasteiger partial charge in [0.1, 0.15) is 5.82 Å². The van der Waals surface area contributed by atoms with Gasteiger partial charge in [0.05, 0.1) is 6.42 Å². The monoisotopic (exact) mass is 308 g/mol. The number of carbonyl (C=O) groups is 1. The lowest BCUT2D eigenvalue weighted by Gasteiger charge is -2.05. The van der Waals surface area contributed by atoms with Crippen LogP contribution in [0.3, 0.4) is 0 Å². The van der Waals surface area contributed by atoms with Gasteiger partial charge < -0.3 is 5.11 Å². The van der Waals surface area contributed by atoms with E-state index >= 15 is 0 Å². The van der Waals surface area contributed by atoms with Crippen LogP contribution in [0.5, 0.6) is 0 Å². The van der Waals surface area contributed by atoms with E-state index in [0.717, 1.165) is 22.3 Å². The normalized spacial score (nSPS) is 15.2. The molecule has 0 fully saturated rings. The predicted octanol–water partition coefficient (Wildman–Crippen LogP) is 4.94. The highest BCUT2D eigenvalue weighted by Crippen LogP contribution is 2.43. The molecule has 1 aliphatic carbocycles. The number of carboxylic acid groups (broad SMARTS) is 1. The van der Waals surface area contributed by atoms with Crippen LogP contribution in [0.2, 0.25) is 0 Å². The average Bonchev–Trinajstić information content (AvgIpc) is 2.74. The van der Waals surface area contributed by atoms with Gasteiger partial charge in [-0.2, -0.15) is 0 Å². The summed E-state index contributed by atoms with van der Waals surface area (Å²) in [5, 5.41) is 9.15. The van der Waals surface area contributed by atoms with Crippen molar-refractivity contribution < 1.29 is 14.3 Å². The molecule has 3 heteroatoms. The number of allylic oxidation sites excluding steroid dienone is 2. The van der Waals surface area contributed by atoms with Crippen LogP contribution in [0.25, 0.3) is 17.2 Å².